The van der Waals surface area contributed by atoms with Crippen molar-refractivity contribution in [1.29, 1.82) is 0 Å². The van der Waals surface area contributed by atoms with Crippen LogP contribution in [0, 0.1) is 11.6 Å². The molecule has 0 fully saturated rings. The zero-order valence-corrected chi connectivity index (χ0v) is 24.8. The van der Waals surface area contributed by atoms with Crippen LogP contribution in [0.4, 0.5) is 14.5 Å². The second-order valence-electron chi connectivity index (χ2n) is 10.8. The van der Waals surface area contributed by atoms with Gasteiger partial charge in [-0.3, -0.25) is 14.5 Å². The summed E-state index contributed by atoms with van der Waals surface area (Å²) in [6, 6.07) is 29.6. The summed E-state index contributed by atoms with van der Waals surface area (Å²) in [5, 5.41) is 0.361. The molecule has 0 aliphatic carbocycles. The molecular formula is C36H29F2N3O2S. The van der Waals surface area contributed by atoms with E-state index in [4.69, 9.17) is 5.73 Å². The first-order valence-electron chi connectivity index (χ1n) is 14.1. The third-order valence-corrected chi connectivity index (χ3v) is 8.89. The highest BCUT2D eigenvalue weighted by atomic mass is 32.1. The molecule has 0 atom stereocenters. The number of anilines is 1. The molecule has 0 spiro atoms. The van der Waals surface area contributed by atoms with E-state index in [2.05, 4.69) is 4.90 Å². The Kier molecular flexibility index (Phi) is 8.19. The van der Waals surface area contributed by atoms with Gasteiger partial charge >= 0.3 is 0 Å². The zero-order valence-electron chi connectivity index (χ0n) is 24.0. The van der Waals surface area contributed by atoms with Gasteiger partial charge in [-0.25, -0.2) is 8.78 Å². The Balaban J connectivity index is 1.60. The maximum Gasteiger partial charge on any atom is 0.201 e. The van der Waals surface area contributed by atoms with E-state index in [1.165, 1.54) is 35.7 Å². The molecule has 2 heterocycles. The summed E-state index contributed by atoms with van der Waals surface area (Å²) in [6.45, 7) is 0.808. The number of nitrogens with zero attached hydrogens (tertiary/aromatic N) is 2. The standard InChI is InChI=1S/C36H29F2N3O2S/c1-40(19-23-9-4-2-5-10-23)20-28-32-34(43)29(33(42)24-11-6-3-7-12-24)22-41(21-27-30(37)13-8-14-31(27)38)36(32)44-35(28)25-15-17-26(39)18-16-25/h2-18,22H,19-21,39H2,1H3. The van der Waals surface area contributed by atoms with E-state index in [0.29, 0.717) is 34.6 Å². The lowest BCUT2D eigenvalue weighted by Gasteiger charge is -2.18. The van der Waals surface area contributed by atoms with Crippen LogP contribution in [0.5, 0.6) is 0 Å². The van der Waals surface area contributed by atoms with E-state index in [9.17, 15) is 18.4 Å². The Morgan fingerprint density at radius 2 is 1.45 bits per heavy atom. The number of carbonyl (C=O) groups excluding carboxylic acids is 1. The predicted octanol–water partition coefficient (Wildman–Crippen LogP) is 7.50. The number of rotatable bonds is 9. The number of thiophene rings is 1. The summed E-state index contributed by atoms with van der Waals surface area (Å²) in [5.41, 5.74) is 9.01. The molecule has 6 rings (SSSR count). The highest BCUT2D eigenvalue weighted by molar-refractivity contribution is 7.22. The van der Waals surface area contributed by atoms with Gasteiger partial charge in [0, 0.05) is 41.0 Å². The van der Waals surface area contributed by atoms with Crippen LogP contribution in [0.15, 0.2) is 114 Å². The van der Waals surface area contributed by atoms with E-state index < -0.39 is 22.8 Å². The molecule has 0 radical (unpaired) electrons. The van der Waals surface area contributed by atoms with E-state index in [1.807, 2.05) is 49.5 Å². The lowest BCUT2D eigenvalue weighted by atomic mass is 10.00. The van der Waals surface area contributed by atoms with Gasteiger partial charge in [0.1, 0.15) is 16.5 Å². The molecule has 4 aromatic carbocycles. The molecule has 0 unspecified atom stereocenters. The molecular weight excluding hydrogens is 576 g/mol. The first-order valence-corrected chi connectivity index (χ1v) is 14.9. The van der Waals surface area contributed by atoms with E-state index in [-0.39, 0.29) is 17.7 Å². The monoisotopic (exact) mass is 605 g/mol. The van der Waals surface area contributed by atoms with Crippen LogP contribution in [0.3, 0.4) is 0 Å². The molecule has 2 N–H and O–H groups in total. The molecule has 0 saturated carbocycles. The number of nitrogens with two attached hydrogens (primary N) is 1. The average molecular weight is 606 g/mol. The number of hydrogen-bond acceptors (Lipinski definition) is 5. The van der Waals surface area contributed by atoms with Crippen molar-refractivity contribution in [2.24, 2.45) is 0 Å². The minimum atomic E-state index is -0.703. The zero-order chi connectivity index (χ0) is 30.8. The van der Waals surface area contributed by atoms with Crippen LogP contribution in [0.25, 0.3) is 20.7 Å². The van der Waals surface area contributed by atoms with Gasteiger partial charge in [0.05, 0.1) is 17.5 Å². The number of nitrogen functional groups attached to an aromatic ring is 1. The van der Waals surface area contributed by atoms with E-state index >= 15 is 0 Å². The van der Waals surface area contributed by atoms with Gasteiger partial charge in [-0.2, -0.15) is 0 Å². The summed E-state index contributed by atoms with van der Waals surface area (Å²) in [6.07, 6.45) is 1.44. The Hall–Kier alpha value is -4.92. The molecule has 8 heteroatoms. The van der Waals surface area contributed by atoms with Crippen LogP contribution < -0.4 is 11.2 Å². The summed E-state index contributed by atoms with van der Waals surface area (Å²) < 4.78 is 31.4. The van der Waals surface area contributed by atoms with Gasteiger partial charge in [-0.1, -0.05) is 78.9 Å². The SMILES string of the molecule is CN(Cc1ccccc1)Cc1c(-c2ccc(N)cc2)sc2c1c(=O)c(C(=O)c1ccccc1)cn2Cc1c(F)cccc1F. The summed E-state index contributed by atoms with van der Waals surface area (Å²) >= 11 is 1.36. The van der Waals surface area contributed by atoms with Crippen molar-refractivity contribution in [3.05, 3.63) is 159 Å². The highest BCUT2D eigenvalue weighted by Crippen LogP contribution is 2.39. The van der Waals surface area contributed by atoms with Crippen LogP contribution in [-0.4, -0.2) is 22.3 Å². The normalized spacial score (nSPS) is 11.4. The predicted molar refractivity (Wildman–Crippen MR) is 173 cm³/mol. The molecule has 0 bridgehead atoms. The Morgan fingerprint density at radius 3 is 2.11 bits per heavy atom. The van der Waals surface area contributed by atoms with Crippen molar-refractivity contribution in [3.8, 4) is 10.4 Å². The third kappa shape index (κ3) is 5.82. The number of aromatic nitrogens is 1. The number of hydrogen-bond donors (Lipinski definition) is 1. The number of pyridine rings is 1. The number of fused-ring (bicyclic) bond motifs is 1. The number of ketones is 1. The van der Waals surface area contributed by atoms with Crippen molar-refractivity contribution in [3.63, 3.8) is 0 Å². The van der Waals surface area contributed by atoms with Crippen molar-refractivity contribution >= 4 is 33.0 Å². The number of carbonyl (C=O) groups is 1. The van der Waals surface area contributed by atoms with Crippen LogP contribution >= 0.6 is 11.3 Å². The van der Waals surface area contributed by atoms with Crippen molar-refractivity contribution in [2.45, 2.75) is 19.6 Å². The maximum atomic E-state index is 14.9. The van der Waals surface area contributed by atoms with Crippen molar-refractivity contribution in [1.82, 2.24) is 9.47 Å². The fourth-order valence-corrected chi connectivity index (χ4v) is 6.70. The first kappa shape index (κ1) is 29.2. The molecule has 0 aliphatic rings. The van der Waals surface area contributed by atoms with Crippen LogP contribution in [-0.2, 0) is 19.6 Å². The minimum absolute atomic E-state index is 0.0610. The molecule has 6 aromatic rings. The van der Waals surface area contributed by atoms with Crippen molar-refractivity contribution < 1.29 is 13.6 Å². The highest BCUT2D eigenvalue weighted by Gasteiger charge is 2.25. The van der Waals surface area contributed by atoms with E-state index in [1.54, 1.807) is 47.0 Å². The first-order chi connectivity index (χ1) is 21.3. The lowest BCUT2D eigenvalue weighted by molar-refractivity contribution is 0.103. The molecule has 220 valence electrons. The molecule has 44 heavy (non-hydrogen) atoms. The average Bonchev–Trinajstić information content (AvgIpc) is 3.40. The van der Waals surface area contributed by atoms with Crippen molar-refractivity contribution in [2.75, 3.05) is 12.8 Å². The Bertz CT molecular complexity index is 2000. The molecule has 0 saturated heterocycles. The van der Waals surface area contributed by atoms with Crippen LogP contribution in [0.1, 0.15) is 32.6 Å². The molecule has 5 nitrogen and oxygen atoms in total. The smallest absolute Gasteiger partial charge is 0.201 e. The molecule has 0 aliphatic heterocycles. The molecule has 0 amide bonds. The number of benzene rings is 4. The fraction of sp³-hybridized carbons (Fsp3) is 0.111. The van der Waals surface area contributed by atoms with Gasteiger partial charge < -0.3 is 10.3 Å². The van der Waals surface area contributed by atoms with Gasteiger partial charge in [0.25, 0.3) is 0 Å². The van der Waals surface area contributed by atoms with Gasteiger partial charge in [0.15, 0.2) is 5.78 Å². The molecule has 2 aromatic heterocycles. The lowest BCUT2D eigenvalue weighted by Crippen LogP contribution is -2.22. The number of halogens is 2. The minimum Gasteiger partial charge on any atom is -0.399 e. The second kappa shape index (κ2) is 12.4. The Labute approximate surface area is 257 Å². The largest absolute Gasteiger partial charge is 0.399 e. The topological polar surface area (TPSA) is 68.3 Å². The summed E-state index contributed by atoms with van der Waals surface area (Å²) in [4.78, 5) is 31.5. The van der Waals surface area contributed by atoms with Gasteiger partial charge in [-0.05, 0) is 48.0 Å². The van der Waals surface area contributed by atoms with Gasteiger partial charge in [0.2, 0.25) is 5.43 Å². The summed E-state index contributed by atoms with van der Waals surface area (Å²) in [5.74, 6) is -1.86. The van der Waals surface area contributed by atoms with Crippen LogP contribution in [0.2, 0.25) is 0 Å². The summed E-state index contributed by atoms with van der Waals surface area (Å²) in [7, 11) is 1.97. The Morgan fingerprint density at radius 1 is 0.818 bits per heavy atom. The van der Waals surface area contributed by atoms with Gasteiger partial charge in [-0.15, -0.1) is 11.3 Å². The third-order valence-electron chi connectivity index (χ3n) is 7.57. The maximum absolute atomic E-state index is 14.9. The van der Waals surface area contributed by atoms with E-state index in [0.717, 1.165) is 21.6 Å². The fourth-order valence-electron chi connectivity index (χ4n) is 5.41. The quantitative estimate of drug-likeness (QED) is 0.137. The second-order valence-corrected chi connectivity index (χ2v) is 11.8.